The SMILES string of the molecule is COC(=O)NCCCC(O)(c1cccc(Cl)c1-c1cccc(C)c1)C1CCCN(C(=O)c2ccc(CN)cc2)C1. The van der Waals surface area contributed by atoms with Gasteiger partial charge in [0.2, 0.25) is 0 Å². The van der Waals surface area contributed by atoms with Crippen molar-refractivity contribution >= 4 is 23.6 Å². The second-order valence-electron chi connectivity index (χ2n) is 10.5. The highest BCUT2D eigenvalue weighted by molar-refractivity contribution is 6.33. The summed E-state index contributed by atoms with van der Waals surface area (Å²) in [5.74, 6) is -0.304. The van der Waals surface area contributed by atoms with E-state index >= 15 is 0 Å². The number of rotatable bonds is 9. The Morgan fingerprint density at radius 3 is 2.60 bits per heavy atom. The monoisotopic (exact) mass is 563 g/mol. The zero-order valence-electron chi connectivity index (χ0n) is 23.2. The van der Waals surface area contributed by atoms with Gasteiger partial charge in [-0.15, -0.1) is 0 Å². The topological polar surface area (TPSA) is 105 Å². The van der Waals surface area contributed by atoms with Crippen LogP contribution in [-0.2, 0) is 16.9 Å². The number of benzene rings is 3. The van der Waals surface area contributed by atoms with Gasteiger partial charge in [-0.2, -0.15) is 0 Å². The summed E-state index contributed by atoms with van der Waals surface area (Å²) in [6.45, 7) is 3.81. The average Bonchev–Trinajstić information content (AvgIpc) is 2.98. The van der Waals surface area contributed by atoms with Gasteiger partial charge in [-0.25, -0.2) is 4.79 Å². The van der Waals surface area contributed by atoms with E-state index in [9.17, 15) is 14.7 Å². The first-order valence-electron chi connectivity index (χ1n) is 13.8. The fraction of sp³-hybridized carbons (Fsp3) is 0.375. The van der Waals surface area contributed by atoms with Crippen LogP contribution in [0, 0.1) is 12.8 Å². The van der Waals surface area contributed by atoms with Crippen molar-refractivity contribution in [1.29, 1.82) is 0 Å². The Bertz CT molecular complexity index is 1330. The highest BCUT2D eigenvalue weighted by Gasteiger charge is 2.43. The molecule has 2 atom stereocenters. The predicted octanol–water partition coefficient (Wildman–Crippen LogP) is 5.65. The van der Waals surface area contributed by atoms with Gasteiger partial charge in [-0.3, -0.25) is 4.79 Å². The first-order valence-corrected chi connectivity index (χ1v) is 14.1. The summed E-state index contributed by atoms with van der Waals surface area (Å²) in [6, 6.07) is 21.1. The second kappa shape index (κ2) is 13.3. The minimum Gasteiger partial charge on any atom is -0.453 e. The summed E-state index contributed by atoms with van der Waals surface area (Å²) in [5.41, 5.74) is 9.53. The van der Waals surface area contributed by atoms with Crippen molar-refractivity contribution in [3.8, 4) is 11.1 Å². The van der Waals surface area contributed by atoms with Crippen molar-refractivity contribution in [3.05, 3.63) is 94.0 Å². The largest absolute Gasteiger partial charge is 0.453 e. The Hall–Kier alpha value is -3.39. The lowest BCUT2D eigenvalue weighted by Gasteiger charge is -2.44. The molecule has 3 aromatic carbocycles. The van der Waals surface area contributed by atoms with E-state index in [0.717, 1.165) is 40.7 Å². The van der Waals surface area contributed by atoms with Crippen molar-refractivity contribution in [3.63, 3.8) is 0 Å². The maximum absolute atomic E-state index is 13.5. The van der Waals surface area contributed by atoms with Gasteiger partial charge in [-0.05, 0) is 67.5 Å². The molecular formula is C32H38ClN3O4. The first-order chi connectivity index (χ1) is 19.3. The minimum atomic E-state index is -1.30. The number of carbonyl (C=O) groups is 2. The zero-order chi connectivity index (χ0) is 28.7. The number of halogens is 1. The predicted molar refractivity (Wildman–Crippen MR) is 158 cm³/mol. The number of nitrogens with zero attached hydrogens (tertiary/aromatic N) is 1. The van der Waals surface area contributed by atoms with Crippen LogP contribution in [0.2, 0.25) is 5.02 Å². The van der Waals surface area contributed by atoms with Crippen LogP contribution in [0.25, 0.3) is 11.1 Å². The molecule has 0 radical (unpaired) electrons. The molecule has 0 aliphatic carbocycles. The smallest absolute Gasteiger partial charge is 0.406 e. The lowest BCUT2D eigenvalue weighted by Crippen LogP contribution is -2.48. The number of alkyl carbamates (subject to hydrolysis) is 1. The lowest BCUT2D eigenvalue weighted by molar-refractivity contribution is -0.0563. The summed E-state index contributed by atoms with van der Waals surface area (Å²) in [7, 11) is 1.32. The molecule has 1 saturated heterocycles. The fourth-order valence-electron chi connectivity index (χ4n) is 5.68. The molecule has 4 rings (SSSR count). The molecule has 40 heavy (non-hydrogen) atoms. The molecule has 0 bridgehead atoms. The second-order valence-corrected chi connectivity index (χ2v) is 10.9. The van der Waals surface area contributed by atoms with E-state index in [1.165, 1.54) is 7.11 Å². The summed E-state index contributed by atoms with van der Waals surface area (Å²) in [5, 5.41) is 15.9. The van der Waals surface area contributed by atoms with Gasteiger partial charge >= 0.3 is 6.09 Å². The molecule has 2 amide bonds. The van der Waals surface area contributed by atoms with E-state index in [-0.39, 0.29) is 11.8 Å². The van der Waals surface area contributed by atoms with Crippen LogP contribution in [0.15, 0.2) is 66.7 Å². The Labute approximate surface area is 241 Å². The van der Waals surface area contributed by atoms with Crippen LogP contribution < -0.4 is 11.1 Å². The quantitative estimate of drug-likeness (QED) is 0.292. The van der Waals surface area contributed by atoms with Gasteiger partial charge in [0.25, 0.3) is 5.91 Å². The van der Waals surface area contributed by atoms with Crippen molar-refractivity contribution in [2.75, 3.05) is 26.7 Å². The molecule has 1 fully saturated rings. The third kappa shape index (κ3) is 6.66. The molecule has 1 aliphatic rings. The molecule has 2 unspecified atom stereocenters. The molecule has 7 nitrogen and oxygen atoms in total. The number of nitrogens with two attached hydrogens (primary N) is 1. The standard InChI is InChI=1S/C32H38ClN3O4/c1-22-7-3-8-25(19-22)29-27(10-4-11-28(29)33)32(39,16-6-17-35-31(38)40-2)26-9-5-18-36(21-26)30(37)24-14-12-23(20-34)13-15-24/h3-4,7-8,10-15,19,26,39H,5-6,9,16-18,20-21,34H2,1-2H3,(H,35,38). The highest BCUT2D eigenvalue weighted by Crippen LogP contribution is 2.45. The van der Waals surface area contributed by atoms with E-state index in [2.05, 4.69) is 11.4 Å². The number of methoxy groups -OCH3 is 1. The number of amides is 2. The van der Waals surface area contributed by atoms with Crippen LogP contribution in [-0.4, -0.2) is 48.8 Å². The van der Waals surface area contributed by atoms with Crippen LogP contribution in [0.3, 0.4) is 0 Å². The maximum atomic E-state index is 13.5. The van der Waals surface area contributed by atoms with Gasteiger partial charge in [0.1, 0.15) is 0 Å². The minimum absolute atomic E-state index is 0.0621. The number of aliphatic hydroxyl groups is 1. The number of likely N-dealkylation sites (tertiary alicyclic amines) is 1. The molecule has 0 saturated carbocycles. The van der Waals surface area contributed by atoms with E-state index in [1.54, 1.807) is 0 Å². The number of nitrogens with one attached hydrogen (secondary N) is 1. The number of aryl methyl sites for hydroxylation is 1. The summed E-state index contributed by atoms with van der Waals surface area (Å²) in [6.07, 6.45) is 1.88. The molecule has 3 aromatic rings. The molecule has 0 spiro atoms. The van der Waals surface area contributed by atoms with Crippen molar-refractivity contribution in [2.24, 2.45) is 11.7 Å². The van der Waals surface area contributed by atoms with Crippen LogP contribution in [0.4, 0.5) is 4.79 Å². The Morgan fingerprint density at radius 1 is 1.15 bits per heavy atom. The van der Waals surface area contributed by atoms with Crippen molar-refractivity contribution < 1.29 is 19.4 Å². The molecule has 1 aliphatic heterocycles. The van der Waals surface area contributed by atoms with Crippen LogP contribution in [0.1, 0.15) is 52.7 Å². The maximum Gasteiger partial charge on any atom is 0.406 e. The molecule has 4 N–H and O–H groups in total. The third-order valence-corrected chi connectivity index (χ3v) is 8.11. The van der Waals surface area contributed by atoms with E-state index in [1.807, 2.05) is 72.5 Å². The Balaban J connectivity index is 1.69. The normalized spacial score (nSPS) is 16.7. The molecule has 1 heterocycles. The molecular weight excluding hydrogens is 526 g/mol. The average molecular weight is 564 g/mol. The van der Waals surface area contributed by atoms with E-state index in [0.29, 0.717) is 49.6 Å². The number of ether oxygens (including phenoxy) is 1. The molecule has 8 heteroatoms. The van der Waals surface area contributed by atoms with Gasteiger partial charge in [0.05, 0.1) is 12.7 Å². The number of hydrogen-bond donors (Lipinski definition) is 3. The summed E-state index contributed by atoms with van der Waals surface area (Å²) < 4.78 is 4.70. The Morgan fingerprint density at radius 2 is 1.90 bits per heavy atom. The Kier molecular flexibility index (Phi) is 9.85. The number of hydrogen-bond acceptors (Lipinski definition) is 5. The van der Waals surface area contributed by atoms with Gasteiger partial charge in [0, 0.05) is 48.2 Å². The fourth-order valence-corrected chi connectivity index (χ4v) is 5.96. The van der Waals surface area contributed by atoms with Gasteiger partial charge < -0.3 is 25.8 Å². The highest BCUT2D eigenvalue weighted by atomic mass is 35.5. The lowest BCUT2D eigenvalue weighted by atomic mass is 9.72. The van der Waals surface area contributed by atoms with E-state index in [4.69, 9.17) is 22.1 Å². The van der Waals surface area contributed by atoms with Crippen molar-refractivity contribution in [2.45, 2.75) is 44.8 Å². The third-order valence-electron chi connectivity index (χ3n) is 7.80. The molecule has 212 valence electrons. The molecule has 0 aromatic heterocycles. The summed E-state index contributed by atoms with van der Waals surface area (Å²) in [4.78, 5) is 27.0. The number of piperidine rings is 1. The number of carbonyl (C=O) groups excluding carboxylic acids is 2. The summed E-state index contributed by atoms with van der Waals surface area (Å²) >= 11 is 6.81. The van der Waals surface area contributed by atoms with E-state index < -0.39 is 11.7 Å². The van der Waals surface area contributed by atoms with Crippen LogP contribution >= 0.6 is 11.6 Å². The van der Waals surface area contributed by atoms with Crippen molar-refractivity contribution in [1.82, 2.24) is 10.2 Å². The van der Waals surface area contributed by atoms with Crippen LogP contribution in [0.5, 0.6) is 0 Å². The zero-order valence-corrected chi connectivity index (χ0v) is 23.9. The first kappa shape index (κ1) is 29.6. The van der Waals surface area contributed by atoms with Gasteiger partial charge in [-0.1, -0.05) is 65.7 Å². The van der Waals surface area contributed by atoms with Gasteiger partial charge in [0.15, 0.2) is 0 Å².